The number of fused-ring (bicyclic) bond motifs is 1. The minimum absolute atomic E-state index is 0.745. The van der Waals surface area contributed by atoms with E-state index in [2.05, 4.69) is 33.6 Å². The van der Waals surface area contributed by atoms with Crippen molar-refractivity contribution in [1.82, 2.24) is 20.0 Å². The highest BCUT2D eigenvalue weighted by Gasteiger charge is 2.04. The molecule has 0 saturated heterocycles. The van der Waals surface area contributed by atoms with E-state index < -0.39 is 0 Å². The lowest BCUT2D eigenvalue weighted by atomic mass is 10.2. The van der Waals surface area contributed by atoms with Crippen molar-refractivity contribution in [3.05, 3.63) is 35.8 Å². The Morgan fingerprint density at radius 3 is 2.90 bits per heavy atom. The first-order valence-electron chi connectivity index (χ1n) is 7.11. The molecule has 0 spiro atoms. The summed E-state index contributed by atoms with van der Waals surface area (Å²) in [5, 5.41) is 15.8. The fourth-order valence-corrected chi connectivity index (χ4v) is 2.52. The molecular weight excluding hydrogens is 264 g/mol. The van der Waals surface area contributed by atoms with Crippen LogP contribution in [0.2, 0.25) is 0 Å². The Hall–Kier alpha value is -2.50. The molecule has 0 bridgehead atoms. The lowest BCUT2D eigenvalue weighted by Gasteiger charge is -2.10. The molecule has 0 unspecified atom stereocenters. The van der Waals surface area contributed by atoms with Gasteiger partial charge in [0, 0.05) is 24.2 Å². The summed E-state index contributed by atoms with van der Waals surface area (Å²) in [7, 11) is 0. The summed E-state index contributed by atoms with van der Waals surface area (Å²) >= 11 is 0. The number of hydrogen-bond donors (Lipinski definition) is 3. The molecule has 4 N–H and O–H groups in total. The topological polar surface area (TPSA) is 84.5 Å². The zero-order valence-electron chi connectivity index (χ0n) is 12.3. The van der Waals surface area contributed by atoms with Crippen LogP contribution < -0.4 is 11.1 Å². The van der Waals surface area contributed by atoms with E-state index in [1.165, 1.54) is 5.69 Å². The van der Waals surface area contributed by atoms with Crippen LogP contribution in [0.4, 0.5) is 11.4 Å². The Morgan fingerprint density at radius 2 is 2.14 bits per heavy atom. The van der Waals surface area contributed by atoms with E-state index in [9.17, 15) is 0 Å². The Bertz CT molecular complexity index is 755. The second-order valence-electron chi connectivity index (χ2n) is 5.33. The van der Waals surface area contributed by atoms with Crippen molar-refractivity contribution in [2.45, 2.75) is 26.8 Å². The number of aryl methyl sites for hydroxylation is 3. The van der Waals surface area contributed by atoms with Crippen molar-refractivity contribution >= 4 is 22.3 Å². The first-order chi connectivity index (χ1) is 10.1. The van der Waals surface area contributed by atoms with Gasteiger partial charge < -0.3 is 11.1 Å². The van der Waals surface area contributed by atoms with Gasteiger partial charge in [0.05, 0.1) is 28.8 Å². The van der Waals surface area contributed by atoms with E-state index in [1.54, 1.807) is 6.20 Å². The van der Waals surface area contributed by atoms with Crippen molar-refractivity contribution in [1.29, 1.82) is 0 Å². The molecule has 6 nitrogen and oxygen atoms in total. The number of H-pyrrole nitrogens is 1. The van der Waals surface area contributed by atoms with Gasteiger partial charge in [-0.05, 0) is 38.5 Å². The Kier molecular flexibility index (Phi) is 3.51. The monoisotopic (exact) mass is 284 g/mol. The minimum Gasteiger partial charge on any atom is -0.397 e. The van der Waals surface area contributed by atoms with Crippen molar-refractivity contribution in [3.63, 3.8) is 0 Å². The number of aromatic nitrogens is 4. The molecule has 2 heterocycles. The van der Waals surface area contributed by atoms with E-state index in [-0.39, 0.29) is 0 Å². The number of nitrogen functional groups attached to an aromatic ring is 1. The predicted octanol–water partition coefficient (Wildman–Crippen LogP) is 2.46. The highest BCUT2D eigenvalue weighted by Crippen LogP contribution is 2.24. The third kappa shape index (κ3) is 2.84. The Morgan fingerprint density at radius 1 is 1.29 bits per heavy atom. The van der Waals surface area contributed by atoms with Gasteiger partial charge in [0.25, 0.3) is 0 Å². The molecule has 0 aliphatic heterocycles. The van der Waals surface area contributed by atoms with E-state index in [0.29, 0.717) is 0 Å². The molecule has 110 valence electrons. The zero-order valence-corrected chi connectivity index (χ0v) is 12.3. The van der Waals surface area contributed by atoms with Gasteiger partial charge in [-0.2, -0.15) is 10.2 Å². The van der Waals surface area contributed by atoms with Crippen LogP contribution in [0.5, 0.6) is 0 Å². The maximum absolute atomic E-state index is 6.04. The maximum atomic E-state index is 6.04. The van der Waals surface area contributed by atoms with Gasteiger partial charge in [-0.15, -0.1) is 0 Å². The second-order valence-corrected chi connectivity index (χ2v) is 5.33. The summed E-state index contributed by atoms with van der Waals surface area (Å²) in [6.45, 7) is 5.85. The summed E-state index contributed by atoms with van der Waals surface area (Å²) in [4.78, 5) is 0. The molecule has 0 amide bonds. The number of nitrogens with one attached hydrogen (secondary N) is 2. The molecule has 3 rings (SSSR count). The number of nitrogens with zero attached hydrogens (tertiary/aromatic N) is 3. The zero-order chi connectivity index (χ0) is 14.8. The predicted molar refractivity (Wildman–Crippen MR) is 85.3 cm³/mol. The highest BCUT2D eigenvalue weighted by molar-refractivity contribution is 5.88. The van der Waals surface area contributed by atoms with Crippen LogP contribution in [0.15, 0.2) is 24.4 Å². The lowest BCUT2D eigenvalue weighted by molar-refractivity contribution is 0.574. The van der Waals surface area contributed by atoms with Crippen molar-refractivity contribution in [2.75, 3.05) is 17.6 Å². The fraction of sp³-hybridized carbons (Fsp3) is 0.333. The molecule has 0 radical (unpaired) electrons. The van der Waals surface area contributed by atoms with E-state index >= 15 is 0 Å². The molecule has 0 fully saturated rings. The van der Waals surface area contributed by atoms with Crippen LogP contribution >= 0.6 is 0 Å². The molecule has 6 heteroatoms. The SMILES string of the molecule is Cc1cc(C)n(CCCNc2cc3[nH]ncc3cc2N)n1. The molecule has 2 aromatic heterocycles. The van der Waals surface area contributed by atoms with Gasteiger partial charge in [0.1, 0.15) is 0 Å². The molecule has 1 aromatic carbocycles. The van der Waals surface area contributed by atoms with Crippen LogP contribution in [0.3, 0.4) is 0 Å². The second kappa shape index (κ2) is 5.47. The average molecular weight is 284 g/mol. The van der Waals surface area contributed by atoms with E-state index in [4.69, 9.17) is 5.73 Å². The highest BCUT2D eigenvalue weighted by atomic mass is 15.3. The number of hydrogen-bond acceptors (Lipinski definition) is 4. The molecule has 0 aliphatic rings. The van der Waals surface area contributed by atoms with Crippen molar-refractivity contribution in [3.8, 4) is 0 Å². The standard InChI is InChI=1S/C15H20N6/c1-10-6-11(2)21(20-10)5-3-4-17-15-8-14-12(7-13(15)16)9-18-19-14/h6-9,17H,3-5,16H2,1-2H3,(H,18,19). The summed E-state index contributed by atoms with van der Waals surface area (Å²) in [6.07, 6.45) is 2.76. The molecular formula is C15H20N6. The van der Waals surface area contributed by atoms with Crippen LogP contribution in [-0.2, 0) is 6.54 Å². The number of rotatable bonds is 5. The van der Waals surface area contributed by atoms with Gasteiger partial charge in [-0.25, -0.2) is 0 Å². The van der Waals surface area contributed by atoms with E-state index in [0.717, 1.165) is 47.5 Å². The number of nitrogens with two attached hydrogens (primary N) is 1. The van der Waals surface area contributed by atoms with Crippen molar-refractivity contribution < 1.29 is 0 Å². The maximum Gasteiger partial charge on any atom is 0.0672 e. The Balaban J connectivity index is 1.59. The first kappa shape index (κ1) is 13.5. The normalized spacial score (nSPS) is 11.1. The summed E-state index contributed by atoms with van der Waals surface area (Å²) in [6, 6.07) is 6.03. The smallest absolute Gasteiger partial charge is 0.0672 e. The van der Waals surface area contributed by atoms with Gasteiger partial charge in [0.2, 0.25) is 0 Å². The summed E-state index contributed by atoms with van der Waals surface area (Å²) in [5.74, 6) is 0. The summed E-state index contributed by atoms with van der Waals surface area (Å²) in [5.41, 5.74) is 11.0. The molecule has 0 atom stereocenters. The third-order valence-corrected chi connectivity index (χ3v) is 3.58. The molecule has 21 heavy (non-hydrogen) atoms. The molecule has 0 aliphatic carbocycles. The van der Waals surface area contributed by atoms with E-state index in [1.807, 2.05) is 23.7 Å². The molecule has 3 aromatic rings. The number of aromatic amines is 1. The minimum atomic E-state index is 0.745. The number of anilines is 2. The number of benzene rings is 1. The average Bonchev–Trinajstić information content (AvgIpc) is 3.00. The van der Waals surface area contributed by atoms with Crippen LogP contribution in [0.25, 0.3) is 10.9 Å². The quantitative estimate of drug-likeness (QED) is 0.496. The summed E-state index contributed by atoms with van der Waals surface area (Å²) < 4.78 is 2.04. The fourth-order valence-electron chi connectivity index (χ4n) is 2.52. The van der Waals surface area contributed by atoms with Gasteiger partial charge in [0.15, 0.2) is 0 Å². The van der Waals surface area contributed by atoms with Gasteiger partial charge >= 0.3 is 0 Å². The van der Waals surface area contributed by atoms with Gasteiger partial charge in [-0.1, -0.05) is 0 Å². The Labute approximate surface area is 123 Å². The van der Waals surface area contributed by atoms with Crippen molar-refractivity contribution in [2.24, 2.45) is 0 Å². The lowest BCUT2D eigenvalue weighted by Crippen LogP contribution is -2.09. The van der Waals surface area contributed by atoms with Crippen LogP contribution in [0.1, 0.15) is 17.8 Å². The largest absolute Gasteiger partial charge is 0.397 e. The third-order valence-electron chi connectivity index (χ3n) is 3.58. The first-order valence-corrected chi connectivity index (χ1v) is 7.11. The van der Waals surface area contributed by atoms with Gasteiger partial charge in [-0.3, -0.25) is 9.78 Å². The van der Waals surface area contributed by atoms with Crippen LogP contribution in [-0.4, -0.2) is 26.5 Å². The molecule has 0 saturated carbocycles. The van der Waals surface area contributed by atoms with Crippen LogP contribution in [0, 0.1) is 13.8 Å².